The van der Waals surface area contributed by atoms with Crippen molar-refractivity contribution in [1.82, 2.24) is 9.88 Å². The van der Waals surface area contributed by atoms with Gasteiger partial charge in [0, 0.05) is 30.5 Å². The Balaban J connectivity index is 2.89. The maximum absolute atomic E-state index is 12.5. The predicted molar refractivity (Wildman–Crippen MR) is 84.1 cm³/mol. The molecule has 4 heteroatoms. The minimum absolute atomic E-state index is 0.0197. The summed E-state index contributed by atoms with van der Waals surface area (Å²) in [5, 5.41) is 3.37. The summed E-state index contributed by atoms with van der Waals surface area (Å²) >= 11 is 0. The molecular formula is C16H27N3O. The molecule has 1 rings (SSSR count). The molecule has 4 nitrogen and oxygen atoms in total. The van der Waals surface area contributed by atoms with E-state index in [2.05, 4.69) is 44.9 Å². The molecular weight excluding hydrogens is 250 g/mol. The molecule has 0 aliphatic heterocycles. The Morgan fingerprint density at radius 2 is 1.85 bits per heavy atom. The van der Waals surface area contributed by atoms with Crippen LogP contribution in [0.5, 0.6) is 0 Å². The van der Waals surface area contributed by atoms with Gasteiger partial charge in [0.1, 0.15) is 5.69 Å². The molecule has 1 N–H and O–H groups in total. The molecule has 1 aromatic rings. The third kappa shape index (κ3) is 5.19. The Morgan fingerprint density at radius 3 is 2.35 bits per heavy atom. The molecule has 0 spiro atoms. The summed E-state index contributed by atoms with van der Waals surface area (Å²) in [7, 11) is 0. The summed E-state index contributed by atoms with van der Waals surface area (Å²) in [6, 6.07) is 3.73. The van der Waals surface area contributed by atoms with Gasteiger partial charge in [0.15, 0.2) is 0 Å². The van der Waals surface area contributed by atoms with Gasteiger partial charge < -0.3 is 10.2 Å². The molecule has 0 saturated heterocycles. The third-order valence-electron chi connectivity index (χ3n) is 2.77. The topological polar surface area (TPSA) is 45.2 Å². The highest BCUT2D eigenvalue weighted by molar-refractivity contribution is 5.93. The molecule has 20 heavy (non-hydrogen) atoms. The monoisotopic (exact) mass is 277 g/mol. The van der Waals surface area contributed by atoms with E-state index in [-0.39, 0.29) is 11.4 Å². The van der Waals surface area contributed by atoms with Crippen LogP contribution in [-0.2, 0) is 0 Å². The molecule has 0 atom stereocenters. The molecule has 1 heterocycles. The fourth-order valence-electron chi connectivity index (χ4n) is 2.07. The van der Waals surface area contributed by atoms with Gasteiger partial charge in [0.25, 0.3) is 5.91 Å². The van der Waals surface area contributed by atoms with Gasteiger partial charge in [-0.15, -0.1) is 0 Å². The second-order valence-electron chi connectivity index (χ2n) is 6.10. The Bertz CT molecular complexity index is 432. The SMILES string of the molecule is CCCN(CCC)C(=O)c1cc(NC(C)(C)C)ccn1. The molecule has 0 aliphatic rings. The highest BCUT2D eigenvalue weighted by Gasteiger charge is 2.17. The number of hydrogen-bond acceptors (Lipinski definition) is 3. The third-order valence-corrected chi connectivity index (χ3v) is 2.77. The van der Waals surface area contributed by atoms with Crippen LogP contribution in [0.15, 0.2) is 18.3 Å². The Hall–Kier alpha value is -1.58. The smallest absolute Gasteiger partial charge is 0.272 e. The number of hydrogen-bond donors (Lipinski definition) is 1. The Kier molecular flexibility index (Phi) is 5.99. The van der Waals surface area contributed by atoms with E-state index in [1.165, 1.54) is 0 Å². The lowest BCUT2D eigenvalue weighted by molar-refractivity contribution is 0.0749. The van der Waals surface area contributed by atoms with Crippen molar-refractivity contribution >= 4 is 11.6 Å². The quantitative estimate of drug-likeness (QED) is 0.865. The van der Waals surface area contributed by atoms with E-state index in [0.29, 0.717) is 5.69 Å². The van der Waals surface area contributed by atoms with Crippen molar-refractivity contribution in [3.8, 4) is 0 Å². The Morgan fingerprint density at radius 1 is 1.25 bits per heavy atom. The fraction of sp³-hybridized carbons (Fsp3) is 0.625. The number of anilines is 1. The van der Waals surface area contributed by atoms with E-state index in [0.717, 1.165) is 31.6 Å². The lowest BCUT2D eigenvalue weighted by atomic mass is 10.1. The maximum atomic E-state index is 12.5. The summed E-state index contributed by atoms with van der Waals surface area (Å²) in [6.45, 7) is 12.0. The van der Waals surface area contributed by atoms with Crippen LogP contribution in [0.25, 0.3) is 0 Å². The highest BCUT2D eigenvalue weighted by Crippen LogP contribution is 2.16. The van der Waals surface area contributed by atoms with Crippen LogP contribution in [0.1, 0.15) is 57.9 Å². The first-order chi connectivity index (χ1) is 9.37. The summed E-state index contributed by atoms with van der Waals surface area (Å²) in [4.78, 5) is 18.6. The number of aromatic nitrogens is 1. The van der Waals surface area contributed by atoms with E-state index >= 15 is 0 Å². The van der Waals surface area contributed by atoms with Crippen LogP contribution < -0.4 is 5.32 Å². The molecule has 0 unspecified atom stereocenters. The zero-order valence-electron chi connectivity index (χ0n) is 13.4. The minimum atomic E-state index is -0.0335. The lowest BCUT2D eigenvalue weighted by Crippen LogP contribution is -2.33. The largest absolute Gasteiger partial charge is 0.380 e. The number of nitrogens with one attached hydrogen (secondary N) is 1. The van der Waals surface area contributed by atoms with Crippen LogP contribution >= 0.6 is 0 Å². The first kappa shape index (κ1) is 16.5. The van der Waals surface area contributed by atoms with Crippen molar-refractivity contribution < 1.29 is 4.79 Å². The van der Waals surface area contributed by atoms with Crippen molar-refractivity contribution in [3.63, 3.8) is 0 Å². The molecule has 0 aromatic carbocycles. The van der Waals surface area contributed by atoms with E-state index in [9.17, 15) is 4.79 Å². The van der Waals surface area contributed by atoms with Crippen LogP contribution in [-0.4, -0.2) is 34.4 Å². The van der Waals surface area contributed by atoms with Crippen LogP contribution in [0.2, 0.25) is 0 Å². The van der Waals surface area contributed by atoms with E-state index in [4.69, 9.17) is 0 Å². The average molecular weight is 277 g/mol. The summed E-state index contributed by atoms with van der Waals surface area (Å²) in [5.41, 5.74) is 1.42. The molecule has 0 saturated carbocycles. The Labute approximate surface area is 122 Å². The molecule has 1 amide bonds. The predicted octanol–water partition coefficient (Wildman–Crippen LogP) is 3.55. The lowest BCUT2D eigenvalue weighted by Gasteiger charge is -2.23. The number of carbonyl (C=O) groups excluding carboxylic acids is 1. The molecule has 0 fully saturated rings. The van der Waals surface area contributed by atoms with Crippen LogP contribution in [0.3, 0.4) is 0 Å². The molecule has 0 radical (unpaired) electrons. The first-order valence-electron chi connectivity index (χ1n) is 7.41. The van der Waals surface area contributed by atoms with Gasteiger partial charge in [-0.1, -0.05) is 13.8 Å². The van der Waals surface area contributed by atoms with Gasteiger partial charge in [0.2, 0.25) is 0 Å². The summed E-state index contributed by atoms with van der Waals surface area (Å²) < 4.78 is 0. The molecule has 112 valence electrons. The summed E-state index contributed by atoms with van der Waals surface area (Å²) in [5.74, 6) is 0.0197. The minimum Gasteiger partial charge on any atom is -0.380 e. The molecule has 0 bridgehead atoms. The number of nitrogens with zero attached hydrogens (tertiary/aromatic N) is 2. The summed E-state index contributed by atoms with van der Waals surface area (Å²) in [6.07, 6.45) is 3.62. The number of carbonyl (C=O) groups is 1. The maximum Gasteiger partial charge on any atom is 0.272 e. The van der Waals surface area contributed by atoms with Crippen LogP contribution in [0.4, 0.5) is 5.69 Å². The van der Waals surface area contributed by atoms with Gasteiger partial charge in [-0.25, -0.2) is 0 Å². The molecule has 1 aromatic heterocycles. The highest BCUT2D eigenvalue weighted by atomic mass is 16.2. The average Bonchev–Trinajstić information content (AvgIpc) is 2.36. The number of pyridine rings is 1. The van der Waals surface area contributed by atoms with Gasteiger partial charge in [0.05, 0.1) is 0 Å². The van der Waals surface area contributed by atoms with Crippen molar-refractivity contribution in [2.24, 2.45) is 0 Å². The van der Waals surface area contributed by atoms with Crippen molar-refractivity contribution in [2.75, 3.05) is 18.4 Å². The van der Waals surface area contributed by atoms with Gasteiger partial charge >= 0.3 is 0 Å². The zero-order valence-corrected chi connectivity index (χ0v) is 13.4. The normalized spacial score (nSPS) is 11.2. The van der Waals surface area contributed by atoms with Crippen molar-refractivity contribution in [2.45, 2.75) is 53.0 Å². The van der Waals surface area contributed by atoms with E-state index in [1.54, 1.807) is 6.20 Å². The van der Waals surface area contributed by atoms with Crippen LogP contribution in [0, 0.1) is 0 Å². The molecule has 0 aliphatic carbocycles. The fourth-order valence-corrected chi connectivity index (χ4v) is 2.07. The second-order valence-corrected chi connectivity index (χ2v) is 6.10. The van der Waals surface area contributed by atoms with Gasteiger partial charge in [-0.05, 0) is 45.7 Å². The van der Waals surface area contributed by atoms with E-state index < -0.39 is 0 Å². The first-order valence-corrected chi connectivity index (χ1v) is 7.41. The van der Waals surface area contributed by atoms with Gasteiger partial charge in [-0.2, -0.15) is 0 Å². The zero-order chi connectivity index (χ0) is 15.2. The van der Waals surface area contributed by atoms with Gasteiger partial charge in [-0.3, -0.25) is 9.78 Å². The standard InChI is InChI=1S/C16H27N3O/c1-6-10-19(11-7-2)15(20)14-12-13(8-9-17-14)18-16(3,4)5/h8-9,12H,6-7,10-11H2,1-5H3,(H,17,18). The second kappa shape index (κ2) is 7.27. The van der Waals surface area contributed by atoms with Crippen molar-refractivity contribution in [3.05, 3.63) is 24.0 Å². The number of amides is 1. The number of rotatable bonds is 6. The van der Waals surface area contributed by atoms with Crippen molar-refractivity contribution in [1.29, 1.82) is 0 Å². The van der Waals surface area contributed by atoms with E-state index in [1.807, 2.05) is 17.0 Å².